The van der Waals surface area contributed by atoms with Crippen LogP contribution in [0.3, 0.4) is 0 Å². The lowest BCUT2D eigenvalue weighted by Gasteiger charge is -2.23. The van der Waals surface area contributed by atoms with Crippen LogP contribution >= 0.6 is 11.8 Å². The summed E-state index contributed by atoms with van der Waals surface area (Å²) in [6.07, 6.45) is -2.10. The number of hydrogen-bond acceptors (Lipinski definition) is 8. The number of amides is 2. The van der Waals surface area contributed by atoms with Crippen LogP contribution in [0, 0.1) is 11.2 Å². The number of halogens is 1. The summed E-state index contributed by atoms with van der Waals surface area (Å²) in [5, 5.41) is -0.366. The quantitative estimate of drug-likeness (QED) is 0.322. The Balaban J connectivity index is 1.58. The minimum atomic E-state index is -1.08. The zero-order valence-corrected chi connectivity index (χ0v) is 21.6. The molecule has 0 N–H and O–H groups in total. The second-order valence-electron chi connectivity index (χ2n) is 9.78. The summed E-state index contributed by atoms with van der Waals surface area (Å²) in [6.45, 7) is 4.92. The number of ether oxygens (including phenoxy) is 3. The number of nitrogens with zero attached hydrogens (tertiary/aromatic N) is 2. The molecule has 10 nitrogen and oxygen atoms in total. The highest BCUT2D eigenvalue weighted by Gasteiger charge is 2.38. The minimum Gasteiger partial charge on any atom is -0.428 e. The molecule has 0 aliphatic carbocycles. The second kappa shape index (κ2) is 10.6. The van der Waals surface area contributed by atoms with E-state index in [1.807, 2.05) is 20.8 Å². The molecule has 2 fully saturated rings. The Labute approximate surface area is 206 Å². The minimum absolute atomic E-state index is 0.0977. The molecule has 0 bridgehead atoms. The fraction of sp³-hybridized carbons (Fsp3) is 0.522. The van der Waals surface area contributed by atoms with E-state index in [2.05, 4.69) is 0 Å². The van der Waals surface area contributed by atoms with Gasteiger partial charge in [-0.05, 0) is 35.3 Å². The van der Waals surface area contributed by atoms with E-state index in [0.717, 1.165) is 15.9 Å². The molecule has 0 saturated carbocycles. The lowest BCUT2D eigenvalue weighted by atomic mass is 9.91. The van der Waals surface area contributed by atoms with E-state index < -0.39 is 60.5 Å². The van der Waals surface area contributed by atoms with E-state index in [-0.39, 0.29) is 34.7 Å². The fourth-order valence-corrected chi connectivity index (χ4v) is 5.31. The monoisotopic (exact) mass is 514 g/mol. The molecule has 0 radical (unpaired) electrons. The Hall–Kier alpha value is -3.15. The van der Waals surface area contributed by atoms with Crippen LogP contribution in [0.4, 0.5) is 19.7 Å². The van der Waals surface area contributed by atoms with Crippen molar-refractivity contribution >= 4 is 46.5 Å². The van der Waals surface area contributed by atoms with E-state index in [1.165, 1.54) is 19.2 Å². The van der Waals surface area contributed by atoms with Gasteiger partial charge in [-0.1, -0.05) is 26.8 Å². The Morgan fingerprint density at radius 2 is 1.94 bits per heavy atom. The van der Waals surface area contributed by atoms with Gasteiger partial charge >= 0.3 is 18.2 Å². The number of Topliss-reactive ketones (excluding diaryl/α,β-unsaturated/α-hetero) is 1. The predicted octanol–water partition coefficient (Wildman–Crippen LogP) is 2.36. The topological polar surface area (TPSA) is 120 Å². The molecule has 2 atom stereocenters. The van der Waals surface area contributed by atoms with E-state index in [9.17, 15) is 28.4 Å². The largest absolute Gasteiger partial charge is 0.428 e. The standard InChI is InChI=1S/C23H31FN2O8S/c1-23(2,3)10-18(27)32-12-33-21(30)25(4)17-11-26(22(31)34-17)13-5-6-14(16(24)9-13)15-7-8-35-20(29)19(15)28/h5-6,9,15,17H,7-8,10-12H2,1-4H3,35H4/t15?,17-/m0/s1. The third kappa shape index (κ3) is 6.50. The zero-order chi connectivity index (χ0) is 25.9. The van der Waals surface area contributed by atoms with Crippen molar-refractivity contribution in [1.29, 1.82) is 0 Å². The number of rotatable bonds is 6. The normalized spacial score (nSPS) is 20.7. The highest BCUT2D eigenvalue weighted by atomic mass is 32.2. The number of ketones is 1. The molecule has 12 heteroatoms. The molecule has 1 aromatic carbocycles. The molecular formula is C23H31FN2O8S. The number of carbonyl (C=O) groups is 5. The van der Waals surface area contributed by atoms with Crippen molar-refractivity contribution in [2.45, 2.75) is 45.8 Å². The van der Waals surface area contributed by atoms with Gasteiger partial charge in [-0.2, -0.15) is 0 Å². The molecule has 1 aromatic rings. The number of benzene rings is 1. The first-order chi connectivity index (χ1) is 16.4. The van der Waals surface area contributed by atoms with Gasteiger partial charge in [0.1, 0.15) is 5.82 Å². The fourth-order valence-electron chi connectivity index (χ4n) is 3.89. The van der Waals surface area contributed by atoms with Gasteiger partial charge in [-0.15, -0.1) is 0 Å². The van der Waals surface area contributed by atoms with E-state index in [1.54, 1.807) is 0 Å². The molecule has 194 valence electrons. The molecule has 0 aromatic heterocycles. The van der Waals surface area contributed by atoms with E-state index >= 15 is 0 Å². The lowest BCUT2D eigenvalue weighted by molar-refractivity contribution is -0.154. The van der Waals surface area contributed by atoms with Crippen molar-refractivity contribution in [2.75, 3.05) is 31.0 Å². The summed E-state index contributed by atoms with van der Waals surface area (Å²) in [7, 11) is 1.35. The molecule has 2 saturated heterocycles. The number of cyclic esters (lactones) is 1. The van der Waals surface area contributed by atoms with E-state index in [4.69, 9.17) is 14.2 Å². The van der Waals surface area contributed by atoms with Gasteiger partial charge < -0.3 is 14.2 Å². The number of carbonyl (C=O) groups excluding carboxylic acids is 5. The Kier molecular flexibility index (Phi) is 8.04. The number of anilines is 1. The van der Waals surface area contributed by atoms with Gasteiger partial charge in [-0.25, -0.2) is 14.0 Å². The highest BCUT2D eigenvalue weighted by molar-refractivity contribution is 8.15. The Morgan fingerprint density at radius 1 is 1.23 bits per heavy atom. The predicted molar refractivity (Wildman–Crippen MR) is 129 cm³/mol. The average molecular weight is 515 g/mol. The average Bonchev–Trinajstić information content (AvgIpc) is 3.15. The molecule has 2 heterocycles. The smallest absolute Gasteiger partial charge is 0.416 e. The summed E-state index contributed by atoms with van der Waals surface area (Å²) in [6, 6.07) is 3.98. The summed E-state index contributed by atoms with van der Waals surface area (Å²) >= 11 is -1.08. The zero-order valence-electron chi connectivity index (χ0n) is 20.2. The van der Waals surface area contributed by atoms with Crippen LogP contribution in [0.5, 0.6) is 0 Å². The van der Waals surface area contributed by atoms with Crippen LogP contribution in [-0.2, 0) is 28.6 Å². The number of likely N-dealkylation sites (N-methyl/N-ethyl adjacent to an activating group) is 1. The summed E-state index contributed by atoms with van der Waals surface area (Å²) < 4.78 is 29.9. The molecule has 2 aliphatic heterocycles. The van der Waals surface area contributed by atoms with Crippen molar-refractivity contribution in [3.05, 3.63) is 29.6 Å². The molecule has 0 spiro atoms. The maximum atomic E-state index is 14.9. The highest BCUT2D eigenvalue weighted by Crippen LogP contribution is 2.34. The molecule has 3 rings (SSSR count). The van der Waals surface area contributed by atoms with Gasteiger partial charge in [0.2, 0.25) is 17.7 Å². The third-order valence-corrected chi connectivity index (χ3v) is 7.32. The lowest BCUT2D eigenvalue weighted by Crippen LogP contribution is -2.40. The Bertz CT molecular complexity index is 1040. The Morgan fingerprint density at radius 3 is 2.60 bits per heavy atom. The van der Waals surface area contributed by atoms with Crippen LogP contribution < -0.4 is 4.90 Å². The molecule has 1 unspecified atom stereocenters. The maximum Gasteiger partial charge on any atom is 0.416 e. The van der Waals surface area contributed by atoms with Crippen molar-refractivity contribution in [3.63, 3.8) is 0 Å². The summed E-state index contributed by atoms with van der Waals surface area (Å²) in [5.74, 6) is -1.90. The SMILES string of the molecule is CN(C(=O)OCOC(=O)CC(C)(C)C)[C@@H]1CN(c2ccc(C3CC[SH4]C(=O)C3=O)c(F)c2)C(=O)O1. The van der Waals surface area contributed by atoms with Crippen molar-refractivity contribution in [1.82, 2.24) is 4.90 Å². The summed E-state index contributed by atoms with van der Waals surface area (Å²) in [5.41, 5.74) is 0.0364. The van der Waals surface area contributed by atoms with Crippen LogP contribution in [0.25, 0.3) is 0 Å². The van der Waals surface area contributed by atoms with Crippen molar-refractivity contribution < 1.29 is 42.6 Å². The second-order valence-corrected chi connectivity index (χ2v) is 11.6. The molecular weight excluding hydrogens is 483 g/mol. The number of esters is 1. The van der Waals surface area contributed by atoms with Crippen molar-refractivity contribution in [2.24, 2.45) is 5.41 Å². The first-order valence-corrected chi connectivity index (χ1v) is 13.0. The molecule has 2 aliphatic rings. The van der Waals surface area contributed by atoms with Crippen LogP contribution in [0.1, 0.15) is 45.1 Å². The van der Waals surface area contributed by atoms with Gasteiger partial charge in [0.25, 0.3) is 0 Å². The molecule has 2 amide bonds. The van der Waals surface area contributed by atoms with Gasteiger partial charge in [-0.3, -0.25) is 35.9 Å². The first kappa shape index (κ1) is 26.5. The van der Waals surface area contributed by atoms with Crippen LogP contribution in [0.15, 0.2) is 18.2 Å². The van der Waals surface area contributed by atoms with Crippen molar-refractivity contribution in [3.8, 4) is 0 Å². The van der Waals surface area contributed by atoms with Crippen LogP contribution in [-0.4, -0.2) is 66.3 Å². The van der Waals surface area contributed by atoms with E-state index in [0.29, 0.717) is 12.2 Å². The molecule has 35 heavy (non-hydrogen) atoms. The van der Waals surface area contributed by atoms with Gasteiger partial charge in [0.15, 0.2) is 6.23 Å². The number of hydrogen-bond donors (Lipinski definition) is 0. The summed E-state index contributed by atoms with van der Waals surface area (Å²) in [4.78, 5) is 62.5. The van der Waals surface area contributed by atoms with Gasteiger partial charge in [0, 0.05) is 7.05 Å². The first-order valence-electron chi connectivity index (χ1n) is 11.3. The maximum absolute atomic E-state index is 14.9. The third-order valence-electron chi connectivity index (χ3n) is 5.75. The van der Waals surface area contributed by atoms with Crippen LogP contribution in [0.2, 0.25) is 0 Å². The van der Waals surface area contributed by atoms with Gasteiger partial charge in [0.05, 0.1) is 24.6 Å².